The number of furan rings is 1. The standard InChI is InChI=1S/C17H24N2O3/c1-17(2)12(7-13-9-15(11-20-3)22-19-13)8-16(17)18-10-14-5-4-6-21-14/h4-6,9,12,16,18H,7-8,10-11H2,1-3H3. The van der Waals surface area contributed by atoms with Gasteiger partial charge in [0.05, 0.1) is 18.5 Å². The van der Waals surface area contributed by atoms with Crippen LogP contribution >= 0.6 is 0 Å². The van der Waals surface area contributed by atoms with Gasteiger partial charge in [-0.15, -0.1) is 0 Å². The molecule has 120 valence electrons. The molecule has 1 aliphatic carbocycles. The van der Waals surface area contributed by atoms with Crippen molar-refractivity contribution >= 4 is 0 Å². The van der Waals surface area contributed by atoms with E-state index in [1.807, 2.05) is 18.2 Å². The van der Waals surface area contributed by atoms with Crippen LogP contribution in [0.3, 0.4) is 0 Å². The van der Waals surface area contributed by atoms with Crippen LogP contribution in [-0.4, -0.2) is 18.3 Å². The minimum Gasteiger partial charge on any atom is -0.468 e. The fourth-order valence-electron chi connectivity index (χ4n) is 3.26. The Morgan fingerprint density at radius 1 is 1.41 bits per heavy atom. The van der Waals surface area contributed by atoms with Crippen molar-refractivity contribution in [1.29, 1.82) is 0 Å². The molecule has 0 bridgehead atoms. The minimum atomic E-state index is 0.243. The molecule has 1 N–H and O–H groups in total. The average Bonchev–Trinajstić information content (AvgIpc) is 3.14. The van der Waals surface area contributed by atoms with Gasteiger partial charge in [-0.25, -0.2) is 0 Å². The van der Waals surface area contributed by atoms with Crippen LogP contribution in [-0.2, 0) is 24.3 Å². The van der Waals surface area contributed by atoms with Crippen LogP contribution < -0.4 is 5.32 Å². The monoisotopic (exact) mass is 304 g/mol. The molecular formula is C17H24N2O3. The van der Waals surface area contributed by atoms with Crippen molar-refractivity contribution in [1.82, 2.24) is 10.5 Å². The quantitative estimate of drug-likeness (QED) is 0.851. The van der Waals surface area contributed by atoms with Gasteiger partial charge in [0.2, 0.25) is 0 Å². The Labute approximate surface area is 131 Å². The van der Waals surface area contributed by atoms with E-state index in [1.54, 1.807) is 13.4 Å². The van der Waals surface area contributed by atoms with Gasteiger partial charge in [0, 0.05) is 19.2 Å². The lowest BCUT2D eigenvalue weighted by atomic mass is 9.57. The molecule has 0 aliphatic heterocycles. The predicted molar refractivity (Wildman–Crippen MR) is 82.1 cm³/mol. The highest BCUT2D eigenvalue weighted by Gasteiger charge is 2.47. The molecule has 0 amide bonds. The van der Waals surface area contributed by atoms with E-state index >= 15 is 0 Å². The third kappa shape index (κ3) is 3.10. The molecule has 3 rings (SSSR count). The predicted octanol–water partition coefficient (Wildman–Crippen LogP) is 3.16. The van der Waals surface area contributed by atoms with E-state index in [0.29, 0.717) is 18.6 Å². The largest absolute Gasteiger partial charge is 0.468 e. The summed E-state index contributed by atoms with van der Waals surface area (Å²) in [6, 6.07) is 6.44. The highest BCUT2D eigenvalue weighted by Crippen LogP contribution is 2.47. The van der Waals surface area contributed by atoms with Crippen molar-refractivity contribution < 1.29 is 13.7 Å². The zero-order chi connectivity index (χ0) is 15.6. The summed E-state index contributed by atoms with van der Waals surface area (Å²) in [6.07, 6.45) is 3.83. The molecule has 0 saturated heterocycles. The maximum atomic E-state index is 5.37. The van der Waals surface area contributed by atoms with Crippen LogP contribution in [0.25, 0.3) is 0 Å². The maximum Gasteiger partial charge on any atom is 0.162 e. The number of aromatic nitrogens is 1. The zero-order valence-corrected chi connectivity index (χ0v) is 13.5. The summed E-state index contributed by atoms with van der Waals surface area (Å²) in [5.41, 5.74) is 1.27. The van der Waals surface area contributed by atoms with Crippen molar-refractivity contribution in [2.24, 2.45) is 11.3 Å². The molecule has 2 aromatic rings. The van der Waals surface area contributed by atoms with E-state index in [-0.39, 0.29) is 5.41 Å². The van der Waals surface area contributed by atoms with E-state index in [0.717, 1.165) is 36.6 Å². The second-order valence-corrected chi connectivity index (χ2v) is 6.69. The van der Waals surface area contributed by atoms with E-state index < -0.39 is 0 Å². The van der Waals surface area contributed by atoms with E-state index in [2.05, 4.69) is 24.3 Å². The highest BCUT2D eigenvalue weighted by atomic mass is 16.5. The van der Waals surface area contributed by atoms with Crippen LogP contribution in [0.4, 0.5) is 0 Å². The van der Waals surface area contributed by atoms with E-state index in [4.69, 9.17) is 13.7 Å². The summed E-state index contributed by atoms with van der Waals surface area (Å²) in [5, 5.41) is 7.74. The first kappa shape index (κ1) is 15.3. The molecule has 1 saturated carbocycles. The number of ether oxygens (including phenoxy) is 1. The number of rotatable bonds is 7. The van der Waals surface area contributed by atoms with Crippen LogP contribution in [0.5, 0.6) is 0 Å². The average molecular weight is 304 g/mol. The first-order chi connectivity index (χ1) is 10.6. The van der Waals surface area contributed by atoms with Crippen molar-refractivity contribution in [2.45, 2.75) is 45.9 Å². The molecule has 2 unspecified atom stereocenters. The fraction of sp³-hybridized carbons (Fsp3) is 0.588. The van der Waals surface area contributed by atoms with Gasteiger partial charge in [-0.05, 0) is 36.3 Å². The summed E-state index contributed by atoms with van der Waals surface area (Å²) in [7, 11) is 1.66. The lowest BCUT2D eigenvalue weighted by Crippen LogP contribution is -2.57. The number of nitrogens with zero attached hydrogens (tertiary/aromatic N) is 1. The molecule has 0 aromatic carbocycles. The van der Waals surface area contributed by atoms with Gasteiger partial charge in [-0.3, -0.25) is 0 Å². The summed E-state index contributed by atoms with van der Waals surface area (Å²) in [6.45, 7) is 5.90. The van der Waals surface area contributed by atoms with Gasteiger partial charge in [-0.1, -0.05) is 19.0 Å². The Morgan fingerprint density at radius 3 is 2.95 bits per heavy atom. The minimum absolute atomic E-state index is 0.243. The first-order valence-electron chi connectivity index (χ1n) is 7.78. The number of methoxy groups -OCH3 is 1. The van der Waals surface area contributed by atoms with E-state index in [1.165, 1.54) is 0 Å². The van der Waals surface area contributed by atoms with Crippen molar-refractivity contribution in [3.63, 3.8) is 0 Å². The lowest BCUT2D eigenvalue weighted by molar-refractivity contribution is 0.0115. The van der Waals surface area contributed by atoms with Gasteiger partial charge >= 0.3 is 0 Å². The number of hydrogen-bond donors (Lipinski definition) is 1. The van der Waals surface area contributed by atoms with Crippen molar-refractivity contribution in [3.8, 4) is 0 Å². The summed E-state index contributed by atoms with van der Waals surface area (Å²) in [4.78, 5) is 0. The molecule has 2 atom stereocenters. The maximum absolute atomic E-state index is 5.37. The van der Waals surface area contributed by atoms with Gasteiger partial charge in [0.15, 0.2) is 5.76 Å². The van der Waals surface area contributed by atoms with E-state index in [9.17, 15) is 0 Å². The Hall–Kier alpha value is -1.59. The number of hydrogen-bond acceptors (Lipinski definition) is 5. The fourth-order valence-corrected chi connectivity index (χ4v) is 3.26. The second-order valence-electron chi connectivity index (χ2n) is 6.69. The Kier molecular flexibility index (Phi) is 4.36. The van der Waals surface area contributed by atoms with Crippen LogP contribution in [0.2, 0.25) is 0 Å². The smallest absolute Gasteiger partial charge is 0.162 e. The summed E-state index contributed by atoms with van der Waals surface area (Å²) in [5.74, 6) is 2.39. The van der Waals surface area contributed by atoms with Gasteiger partial charge in [0.1, 0.15) is 12.4 Å². The molecule has 0 spiro atoms. The molecule has 2 aromatic heterocycles. The SMILES string of the molecule is COCc1cc(CC2CC(NCc3ccco3)C2(C)C)no1. The summed E-state index contributed by atoms with van der Waals surface area (Å²) >= 11 is 0. The van der Waals surface area contributed by atoms with Crippen LogP contribution in [0.15, 0.2) is 33.4 Å². The molecule has 5 nitrogen and oxygen atoms in total. The van der Waals surface area contributed by atoms with Crippen LogP contribution in [0.1, 0.15) is 37.5 Å². The third-order valence-electron chi connectivity index (χ3n) is 4.92. The third-order valence-corrected chi connectivity index (χ3v) is 4.92. The van der Waals surface area contributed by atoms with Gasteiger partial charge in [0.25, 0.3) is 0 Å². The first-order valence-corrected chi connectivity index (χ1v) is 7.78. The number of nitrogens with one attached hydrogen (secondary N) is 1. The molecular weight excluding hydrogens is 280 g/mol. The molecule has 1 aliphatic rings. The molecule has 2 heterocycles. The topological polar surface area (TPSA) is 60.4 Å². The van der Waals surface area contributed by atoms with Gasteiger partial charge in [-0.2, -0.15) is 0 Å². The van der Waals surface area contributed by atoms with Crippen LogP contribution in [0, 0.1) is 11.3 Å². The van der Waals surface area contributed by atoms with Crippen molar-refractivity contribution in [3.05, 3.63) is 41.7 Å². The van der Waals surface area contributed by atoms with Gasteiger partial charge < -0.3 is 19.0 Å². The molecule has 5 heteroatoms. The Balaban J connectivity index is 1.51. The Morgan fingerprint density at radius 2 is 2.27 bits per heavy atom. The second kappa shape index (κ2) is 6.26. The normalized spacial score (nSPS) is 23.4. The molecule has 1 fully saturated rings. The summed E-state index contributed by atoms with van der Waals surface area (Å²) < 4.78 is 15.7. The highest BCUT2D eigenvalue weighted by molar-refractivity contribution is 5.11. The van der Waals surface area contributed by atoms with Crippen molar-refractivity contribution in [2.75, 3.05) is 7.11 Å². The lowest BCUT2D eigenvalue weighted by Gasteiger charge is -2.52. The Bertz CT molecular complexity index is 589. The zero-order valence-electron chi connectivity index (χ0n) is 13.5. The molecule has 22 heavy (non-hydrogen) atoms. The molecule has 0 radical (unpaired) electrons.